The third-order valence-electron chi connectivity index (χ3n) is 5.95. The summed E-state index contributed by atoms with van der Waals surface area (Å²) in [6.07, 6.45) is 7.82. The first-order chi connectivity index (χ1) is 12.6. The molecule has 1 aromatic heterocycles. The molecule has 0 radical (unpaired) electrons. The van der Waals surface area contributed by atoms with E-state index in [1.807, 2.05) is 0 Å². The van der Waals surface area contributed by atoms with Gasteiger partial charge in [0.05, 0.1) is 18.7 Å². The van der Waals surface area contributed by atoms with Crippen molar-refractivity contribution in [3.63, 3.8) is 0 Å². The second-order valence-electron chi connectivity index (χ2n) is 7.62. The molecule has 0 unspecified atom stereocenters. The fraction of sp³-hybridized carbons (Fsp3) is 0.737. The molecule has 7 heteroatoms. The van der Waals surface area contributed by atoms with Crippen molar-refractivity contribution < 1.29 is 14.3 Å². The molecule has 1 amide bonds. The average molecular weight is 362 g/mol. The highest BCUT2D eigenvalue weighted by atomic mass is 16.5. The Morgan fingerprint density at radius 1 is 1.15 bits per heavy atom. The van der Waals surface area contributed by atoms with Crippen LogP contribution in [0.2, 0.25) is 0 Å². The zero-order valence-electron chi connectivity index (χ0n) is 15.6. The van der Waals surface area contributed by atoms with E-state index in [9.17, 15) is 9.59 Å². The molecular formula is C19H30N4O3. The van der Waals surface area contributed by atoms with E-state index in [2.05, 4.69) is 15.3 Å². The van der Waals surface area contributed by atoms with Gasteiger partial charge in [-0.2, -0.15) is 0 Å². The summed E-state index contributed by atoms with van der Waals surface area (Å²) in [6.45, 7) is 2.18. The Balaban J connectivity index is 1.67. The van der Waals surface area contributed by atoms with Crippen LogP contribution in [0, 0.1) is 11.8 Å². The van der Waals surface area contributed by atoms with E-state index < -0.39 is 5.91 Å². The van der Waals surface area contributed by atoms with Gasteiger partial charge in [-0.1, -0.05) is 0 Å². The highest BCUT2D eigenvalue weighted by Gasteiger charge is 2.31. The van der Waals surface area contributed by atoms with Crippen molar-refractivity contribution in [1.82, 2.24) is 15.3 Å². The number of carbonyl (C=O) groups is 2. The lowest BCUT2D eigenvalue weighted by atomic mass is 9.79. The predicted molar refractivity (Wildman–Crippen MR) is 97.7 cm³/mol. The monoisotopic (exact) mass is 362 g/mol. The van der Waals surface area contributed by atoms with Gasteiger partial charge in [-0.15, -0.1) is 0 Å². The number of aromatic amines is 1. The van der Waals surface area contributed by atoms with Crippen molar-refractivity contribution in [2.75, 3.05) is 20.2 Å². The SMILES string of the molecule is COC(=O)C1CCC(c2nc(C(N)=O)[nH]c2CCC2CCNCC2)CC1. The molecule has 2 aliphatic rings. The number of aromatic nitrogens is 2. The number of imidazole rings is 1. The molecule has 4 N–H and O–H groups in total. The van der Waals surface area contributed by atoms with E-state index in [0.29, 0.717) is 0 Å². The number of esters is 1. The topological polar surface area (TPSA) is 110 Å². The van der Waals surface area contributed by atoms with Gasteiger partial charge in [0.2, 0.25) is 0 Å². The maximum absolute atomic E-state index is 11.7. The van der Waals surface area contributed by atoms with Gasteiger partial charge in [0, 0.05) is 11.6 Å². The Bertz CT molecular complexity index is 629. The van der Waals surface area contributed by atoms with Gasteiger partial charge >= 0.3 is 5.97 Å². The number of nitrogens with one attached hydrogen (secondary N) is 2. The number of rotatable bonds is 6. The van der Waals surface area contributed by atoms with Crippen LogP contribution in [0.5, 0.6) is 0 Å². The number of nitrogens with two attached hydrogens (primary N) is 1. The summed E-state index contributed by atoms with van der Waals surface area (Å²) in [5.41, 5.74) is 7.48. The Hall–Kier alpha value is -1.89. The molecule has 2 heterocycles. The number of carbonyl (C=O) groups excluding carboxylic acids is 2. The van der Waals surface area contributed by atoms with E-state index >= 15 is 0 Å². The number of piperidine rings is 1. The highest BCUT2D eigenvalue weighted by molar-refractivity contribution is 5.89. The average Bonchev–Trinajstić information content (AvgIpc) is 3.11. The van der Waals surface area contributed by atoms with Crippen LogP contribution in [0.25, 0.3) is 0 Å². The van der Waals surface area contributed by atoms with Crippen LogP contribution in [0.15, 0.2) is 0 Å². The minimum atomic E-state index is -0.511. The first-order valence-electron chi connectivity index (χ1n) is 9.75. The van der Waals surface area contributed by atoms with Crippen LogP contribution in [0.1, 0.15) is 72.9 Å². The molecule has 0 atom stereocenters. The molecule has 144 valence electrons. The molecule has 1 aliphatic carbocycles. The molecule has 1 saturated heterocycles. The number of nitrogens with zero attached hydrogens (tertiary/aromatic N) is 1. The van der Waals surface area contributed by atoms with Gasteiger partial charge in [0.25, 0.3) is 5.91 Å². The highest BCUT2D eigenvalue weighted by Crippen LogP contribution is 2.37. The third-order valence-corrected chi connectivity index (χ3v) is 5.95. The van der Waals surface area contributed by atoms with Crippen LogP contribution in [0.4, 0.5) is 0 Å². The van der Waals surface area contributed by atoms with Crippen molar-refractivity contribution in [2.24, 2.45) is 17.6 Å². The lowest BCUT2D eigenvalue weighted by Gasteiger charge is -2.27. The largest absolute Gasteiger partial charge is 0.469 e. The molecule has 2 fully saturated rings. The van der Waals surface area contributed by atoms with Crippen molar-refractivity contribution in [1.29, 1.82) is 0 Å². The van der Waals surface area contributed by atoms with Gasteiger partial charge in [-0.05, 0) is 70.4 Å². The molecule has 26 heavy (non-hydrogen) atoms. The summed E-state index contributed by atoms with van der Waals surface area (Å²) in [4.78, 5) is 31.0. The van der Waals surface area contributed by atoms with E-state index in [1.54, 1.807) is 0 Å². The van der Waals surface area contributed by atoms with E-state index in [4.69, 9.17) is 10.5 Å². The summed E-state index contributed by atoms with van der Waals surface area (Å²) < 4.78 is 4.87. The molecule has 0 aromatic carbocycles. The lowest BCUT2D eigenvalue weighted by Crippen LogP contribution is -2.28. The smallest absolute Gasteiger partial charge is 0.308 e. The summed E-state index contributed by atoms with van der Waals surface area (Å²) in [5, 5.41) is 3.39. The zero-order valence-corrected chi connectivity index (χ0v) is 15.6. The number of hydrogen-bond acceptors (Lipinski definition) is 5. The van der Waals surface area contributed by atoms with Crippen LogP contribution in [-0.2, 0) is 16.0 Å². The van der Waals surface area contributed by atoms with Crippen LogP contribution in [0.3, 0.4) is 0 Å². The lowest BCUT2D eigenvalue weighted by molar-refractivity contribution is -0.146. The molecule has 0 spiro atoms. The zero-order chi connectivity index (χ0) is 18.5. The van der Waals surface area contributed by atoms with E-state index in [-0.39, 0.29) is 23.6 Å². The van der Waals surface area contributed by atoms with Gasteiger partial charge in [0.1, 0.15) is 0 Å². The maximum atomic E-state index is 11.7. The quantitative estimate of drug-likeness (QED) is 0.669. The van der Waals surface area contributed by atoms with Crippen LogP contribution >= 0.6 is 0 Å². The Kier molecular flexibility index (Phi) is 6.29. The number of ether oxygens (including phenoxy) is 1. The Morgan fingerprint density at radius 2 is 1.85 bits per heavy atom. The number of amides is 1. The maximum Gasteiger partial charge on any atom is 0.308 e. The van der Waals surface area contributed by atoms with Crippen LogP contribution in [-0.4, -0.2) is 42.0 Å². The molecule has 3 rings (SSSR count). The van der Waals surface area contributed by atoms with E-state index in [1.165, 1.54) is 20.0 Å². The van der Waals surface area contributed by atoms with Crippen molar-refractivity contribution in [2.45, 2.75) is 57.3 Å². The summed E-state index contributed by atoms with van der Waals surface area (Å²) in [7, 11) is 1.44. The third kappa shape index (κ3) is 4.44. The van der Waals surface area contributed by atoms with Gasteiger partial charge in [0.15, 0.2) is 5.82 Å². The first-order valence-corrected chi connectivity index (χ1v) is 9.75. The summed E-state index contributed by atoms with van der Waals surface area (Å²) in [5.74, 6) is 0.624. The number of methoxy groups -OCH3 is 1. The Morgan fingerprint density at radius 3 is 2.46 bits per heavy atom. The molecule has 1 aliphatic heterocycles. The van der Waals surface area contributed by atoms with Crippen LogP contribution < -0.4 is 11.1 Å². The first kappa shape index (κ1) is 18.9. The fourth-order valence-corrected chi connectivity index (χ4v) is 4.36. The molecule has 7 nitrogen and oxygen atoms in total. The van der Waals surface area contributed by atoms with Gasteiger partial charge in [-0.25, -0.2) is 4.98 Å². The van der Waals surface area contributed by atoms with Crippen molar-refractivity contribution in [3.05, 3.63) is 17.2 Å². The Labute approximate surface area is 154 Å². The van der Waals surface area contributed by atoms with Crippen molar-refractivity contribution in [3.8, 4) is 0 Å². The minimum Gasteiger partial charge on any atom is -0.469 e. The number of H-pyrrole nitrogens is 1. The number of aryl methyl sites for hydroxylation is 1. The molecule has 1 saturated carbocycles. The molecule has 0 bridgehead atoms. The van der Waals surface area contributed by atoms with Crippen molar-refractivity contribution >= 4 is 11.9 Å². The predicted octanol–water partition coefficient (Wildman–Crippen LogP) is 1.89. The van der Waals surface area contributed by atoms with E-state index in [0.717, 1.165) is 68.9 Å². The minimum absolute atomic E-state index is 0.0102. The fourth-order valence-electron chi connectivity index (χ4n) is 4.36. The summed E-state index contributed by atoms with van der Waals surface area (Å²) >= 11 is 0. The normalized spacial score (nSPS) is 24.3. The second-order valence-corrected chi connectivity index (χ2v) is 7.62. The van der Waals surface area contributed by atoms with Gasteiger partial charge in [-0.3, -0.25) is 9.59 Å². The van der Waals surface area contributed by atoms with Gasteiger partial charge < -0.3 is 20.8 Å². The summed E-state index contributed by atoms with van der Waals surface area (Å²) in [6, 6.07) is 0. The molecular weight excluding hydrogens is 332 g/mol. The standard InChI is InChI=1S/C19H30N4O3/c1-26-19(25)14-5-3-13(4-6-14)16-15(22-18(23-16)17(20)24)7-2-12-8-10-21-11-9-12/h12-14,21H,2-11H2,1H3,(H2,20,24)(H,22,23). The second kappa shape index (κ2) is 8.66. The number of hydrogen-bond donors (Lipinski definition) is 3. The number of primary amides is 1. The molecule has 1 aromatic rings.